The molecule has 0 spiro atoms. The fourth-order valence-electron chi connectivity index (χ4n) is 1.69. The van der Waals surface area contributed by atoms with Crippen molar-refractivity contribution in [2.24, 2.45) is 11.7 Å². The first kappa shape index (κ1) is 13.6. The molecule has 0 aliphatic rings. The monoisotopic (exact) mass is 243 g/mol. The summed E-state index contributed by atoms with van der Waals surface area (Å²) in [5.74, 6) is -2.87. The van der Waals surface area contributed by atoms with Gasteiger partial charge in [0.05, 0.1) is 0 Å². The average Bonchev–Trinajstić information content (AvgIpc) is 2.20. The molecule has 0 saturated heterocycles. The van der Waals surface area contributed by atoms with Gasteiger partial charge in [-0.15, -0.1) is 0 Å². The van der Waals surface area contributed by atoms with Crippen LogP contribution >= 0.6 is 0 Å². The van der Waals surface area contributed by atoms with Crippen LogP contribution in [0.1, 0.15) is 31.4 Å². The van der Waals surface area contributed by atoms with Gasteiger partial charge in [-0.1, -0.05) is 13.0 Å². The zero-order chi connectivity index (χ0) is 13.0. The van der Waals surface area contributed by atoms with Crippen LogP contribution in [0.15, 0.2) is 18.2 Å². The second-order valence-electron chi connectivity index (χ2n) is 4.22. The van der Waals surface area contributed by atoms with Crippen LogP contribution in [0.2, 0.25) is 0 Å². The van der Waals surface area contributed by atoms with E-state index in [2.05, 4.69) is 0 Å². The third-order valence-corrected chi connectivity index (χ3v) is 2.55. The molecule has 1 aromatic rings. The molecule has 0 fully saturated rings. The fraction of sp³-hybridized carbons (Fsp3) is 0.417. The highest BCUT2D eigenvalue weighted by Crippen LogP contribution is 2.22. The number of carboxylic acids is 1. The lowest BCUT2D eigenvalue weighted by molar-refractivity contribution is -0.138. The van der Waals surface area contributed by atoms with Crippen molar-refractivity contribution in [3.8, 4) is 0 Å². The van der Waals surface area contributed by atoms with E-state index in [0.29, 0.717) is 12.0 Å². The molecule has 0 heterocycles. The molecule has 2 unspecified atom stereocenters. The van der Waals surface area contributed by atoms with Gasteiger partial charge in [0.25, 0.3) is 0 Å². The molecule has 0 aromatic heterocycles. The van der Waals surface area contributed by atoms with Crippen LogP contribution in [0.3, 0.4) is 0 Å². The summed E-state index contributed by atoms with van der Waals surface area (Å²) in [6, 6.07) is 3.00. The Bertz CT molecular complexity index is 409. The van der Waals surface area contributed by atoms with Crippen molar-refractivity contribution in [1.82, 2.24) is 0 Å². The molecule has 1 aromatic carbocycles. The van der Waals surface area contributed by atoms with Gasteiger partial charge in [0.2, 0.25) is 0 Å². The molecule has 94 valence electrons. The van der Waals surface area contributed by atoms with Gasteiger partial charge in [-0.05, 0) is 30.0 Å². The summed E-state index contributed by atoms with van der Waals surface area (Å²) < 4.78 is 25.7. The molecule has 0 aliphatic heterocycles. The fourth-order valence-corrected chi connectivity index (χ4v) is 1.69. The van der Waals surface area contributed by atoms with Gasteiger partial charge >= 0.3 is 5.97 Å². The van der Waals surface area contributed by atoms with Crippen LogP contribution < -0.4 is 5.73 Å². The van der Waals surface area contributed by atoms with Crippen LogP contribution in [-0.2, 0) is 4.79 Å². The number of carboxylic acid groups (broad SMARTS) is 1. The Hall–Kier alpha value is -1.49. The second-order valence-corrected chi connectivity index (χ2v) is 4.22. The largest absolute Gasteiger partial charge is 0.481 e. The first-order chi connectivity index (χ1) is 7.90. The average molecular weight is 243 g/mol. The van der Waals surface area contributed by atoms with Crippen molar-refractivity contribution >= 4 is 5.97 Å². The summed E-state index contributed by atoms with van der Waals surface area (Å²) in [5, 5.41) is 8.60. The summed E-state index contributed by atoms with van der Waals surface area (Å²) in [4.78, 5) is 10.5. The number of hydrogen-bond donors (Lipinski definition) is 2. The standard InChI is InChI=1S/C12H15F2NO2/c1-7(5-12(16)17)4-11(15)8-2-3-9(13)10(14)6-8/h2-3,6-7,11H,4-5,15H2,1H3,(H,16,17). The lowest BCUT2D eigenvalue weighted by atomic mass is 9.94. The Morgan fingerprint density at radius 3 is 2.59 bits per heavy atom. The van der Waals surface area contributed by atoms with E-state index < -0.39 is 23.6 Å². The van der Waals surface area contributed by atoms with Crippen LogP contribution in [0.5, 0.6) is 0 Å². The maximum Gasteiger partial charge on any atom is 0.303 e. The summed E-state index contributed by atoms with van der Waals surface area (Å²) >= 11 is 0. The molecular formula is C12H15F2NO2. The van der Waals surface area contributed by atoms with Gasteiger partial charge in [0.15, 0.2) is 11.6 Å². The van der Waals surface area contributed by atoms with E-state index >= 15 is 0 Å². The summed E-state index contributed by atoms with van der Waals surface area (Å²) in [6.45, 7) is 1.76. The minimum Gasteiger partial charge on any atom is -0.481 e. The zero-order valence-electron chi connectivity index (χ0n) is 9.49. The van der Waals surface area contributed by atoms with Gasteiger partial charge in [-0.3, -0.25) is 4.79 Å². The first-order valence-electron chi connectivity index (χ1n) is 5.32. The number of halogens is 2. The molecule has 17 heavy (non-hydrogen) atoms. The van der Waals surface area contributed by atoms with Gasteiger partial charge in [-0.25, -0.2) is 8.78 Å². The lowest BCUT2D eigenvalue weighted by Crippen LogP contribution is -2.16. The Kier molecular flexibility index (Phi) is 4.57. The number of benzene rings is 1. The highest BCUT2D eigenvalue weighted by molar-refractivity contribution is 5.66. The topological polar surface area (TPSA) is 63.3 Å². The molecule has 0 saturated carbocycles. The van der Waals surface area contributed by atoms with Crippen LogP contribution in [0.4, 0.5) is 8.78 Å². The molecule has 3 nitrogen and oxygen atoms in total. The number of aliphatic carboxylic acids is 1. The maximum absolute atomic E-state index is 13.0. The van der Waals surface area contributed by atoms with E-state index in [1.54, 1.807) is 6.92 Å². The summed E-state index contributed by atoms with van der Waals surface area (Å²) in [5.41, 5.74) is 6.28. The first-order valence-corrected chi connectivity index (χ1v) is 5.32. The molecule has 0 amide bonds. The Labute approximate surface area is 98.2 Å². The highest BCUT2D eigenvalue weighted by atomic mass is 19.2. The molecule has 1 rings (SSSR count). The van der Waals surface area contributed by atoms with Crippen molar-refractivity contribution in [3.63, 3.8) is 0 Å². The van der Waals surface area contributed by atoms with Crippen LogP contribution in [-0.4, -0.2) is 11.1 Å². The van der Waals surface area contributed by atoms with E-state index in [1.807, 2.05) is 0 Å². The Balaban J connectivity index is 2.66. The normalized spacial score (nSPS) is 14.4. The molecule has 0 bridgehead atoms. The van der Waals surface area contributed by atoms with Crippen LogP contribution in [0, 0.1) is 17.6 Å². The molecule has 2 atom stereocenters. The lowest BCUT2D eigenvalue weighted by Gasteiger charge is -2.16. The van der Waals surface area contributed by atoms with Crippen LogP contribution in [0.25, 0.3) is 0 Å². The van der Waals surface area contributed by atoms with E-state index in [9.17, 15) is 13.6 Å². The molecule has 0 radical (unpaired) electrons. The van der Waals surface area contributed by atoms with Gasteiger partial charge in [-0.2, -0.15) is 0 Å². The van der Waals surface area contributed by atoms with E-state index in [1.165, 1.54) is 6.07 Å². The molecule has 0 aliphatic carbocycles. The summed E-state index contributed by atoms with van der Waals surface area (Å²) in [6.07, 6.45) is 0.425. The SMILES string of the molecule is CC(CC(=O)O)CC(N)c1ccc(F)c(F)c1. The highest BCUT2D eigenvalue weighted by Gasteiger charge is 2.15. The number of nitrogens with two attached hydrogens (primary N) is 1. The van der Waals surface area contributed by atoms with Gasteiger partial charge in [0.1, 0.15) is 0 Å². The third kappa shape index (κ3) is 4.11. The van der Waals surface area contributed by atoms with E-state index in [0.717, 1.165) is 12.1 Å². The number of carbonyl (C=O) groups is 1. The predicted molar refractivity (Wildman–Crippen MR) is 59.3 cm³/mol. The van der Waals surface area contributed by atoms with Crippen molar-refractivity contribution in [1.29, 1.82) is 0 Å². The molecule has 3 N–H and O–H groups in total. The van der Waals surface area contributed by atoms with Crippen molar-refractivity contribution in [2.75, 3.05) is 0 Å². The van der Waals surface area contributed by atoms with Gasteiger partial charge < -0.3 is 10.8 Å². The molecular weight excluding hydrogens is 228 g/mol. The van der Waals surface area contributed by atoms with Gasteiger partial charge in [0, 0.05) is 12.5 Å². The van der Waals surface area contributed by atoms with Crippen molar-refractivity contribution < 1.29 is 18.7 Å². The third-order valence-electron chi connectivity index (χ3n) is 2.55. The van der Waals surface area contributed by atoms with Crippen molar-refractivity contribution in [2.45, 2.75) is 25.8 Å². The quantitative estimate of drug-likeness (QED) is 0.835. The zero-order valence-corrected chi connectivity index (χ0v) is 9.49. The maximum atomic E-state index is 13.0. The smallest absolute Gasteiger partial charge is 0.303 e. The van der Waals surface area contributed by atoms with E-state index in [4.69, 9.17) is 10.8 Å². The number of rotatable bonds is 5. The Morgan fingerprint density at radius 2 is 2.06 bits per heavy atom. The second kappa shape index (κ2) is 5.72. The minimum absolute atomic E-state index is 0.0113. The predicted octanol–water partition coefficient (Wildman–Crippen LogP) is 2.47. The Morgan fingerprint density at radius 1 is 1.41 bits per heavy atom. The van der Waals surface area contributed by atoms with Crippen molar-refractivity contribution in [3.05, 3.63) is 35.4 Å². The molecule has 5 heteroatoms. The summed E-state index contributed by atoms with van der Waals surface area (Å²) in [7, 11) is 0. The number of hydrogen-bond acceptors (Lipinski definition) is 2. The minimum atomic E-state index is -0.941. The van der Waals surface area contributed by atoms with E-state index in [-0.39, 0.29) is 12.3 Å².